The molecule has 0 radical (unpaired) electrons. The molecule has 1 saturated heterocycles. The van der Waals surface area contributed by atoms with Crippen molar-refractivity contribution in [1.29, 1.82) is 0 Å². The third-order valence-corrected chi connectivity index (χ3v) is 4.55. The first-order valence-corrected chi connectivity index (χ1v) is 7.88. The summed E-state index contributed by atoms with van der Waals surface area (Å²) < 4.78 is 5.21. The van der Waals surface area contributed by atoms with Crippen LogP contribution >= 0.6 is 0 Å². The van der Waals surface area contributed by atoms with Crippen LogP contribution in [-0.2, 0) is 9.53 Å². The van der Waals surface area contributed by atoms with E-state index in [1.807, 2.05) is 0 Å². The monoisotopic (exact) mass is 347 g/mol. The molecule has 0 N–H and O–H groups in total. The minimum atomic E-state index is -0.726. The van der Waals surface area contributed by atoms with Gasteiger partial charge in [0.25, 0.3) is 17.5 Å². The van der Waals surface area contributed by atoms with Gasteiger partial charge in [-0.15, -0.1) is 0 Å². The summed E-state index contributed by atoms with van der Waals surface area (Å²) >= 11 is 0. The number of imide groups is 1. The standard InChI is InChI=1S/C16H17N3O6/c1-25-10-5-7-17(9-10)13(20)6-8-18-15(21)11-3-2-4-12(19(23)24)14(11)16(18)22/h2-4,10H,5-9H2,1H3. The van der Waals surface area contributed by atoms with Gasteiger partial charge in [-0.2, -0.15) is 0 Å². The van der Waals surface area contributed by atoms with Crippen molar-refractivity contribution in [3.8, 4) is 0 Å². The predicted octanol–water partition coefficient (Wildman–Crippen LogP) is 0.828. The maximum absolute atomic E-state index is 12.4. The Bertz CT molecular complexity index is 762. The van der Waals surface area contributed by atoms with Gasteiger partial charge in [-0.25, -0.2) is 0 Å². The lowest BCUT2D eigenvalue weighted by Crippen LogP contribution is -2.36. The number of hydrogen-bond acceptors (Lipinski definition) is 6. The van der Waals surface area contributed by atoms with Crippen LogP contribution in [0.3, 0.4) is 0 Å². The van der Waals surface area contributed by atoms with Gasteiger partial charge in [0.05, 0.1) is 16.6 Å². The Kier molecular flexibility index (Phi) is 4.49. The van der Waals surface area contributed by atoms with E-state index in [2.05, 4.69) is 0 Å². The molecule has 0 aliphatic carbocycles. The Balaban J connectivity index is 1.70. The number of hydrogen-bond donors (Lipinski definition) is 0. The number of likely N-dealkylation sites (tertiary alicyclic amines) is 1. The lowest BCUT2D eigenvalue weighted by Gasteiger charge is -2.18. The molecular weight excluding hydrogens is 330 g/mol. The summed E-state index contributed by atoms with van der Waals surface area (Å²) in [6.07, 6.45) is 0.739. The number of carbonyl (C=O) groups is 3. The molecule has 3 amide bonds. The van der Waals surface area contributed by atoms with Crippen molar-refractivity contribution in [2.75, 3.05) is 26.7 Å². The molecule has 2 heterocycles. The maximum atomic E-state index is 12.4. The Morgan fingerprint density at radius 1 is 1.36 bits per heavy atom. The summed E-state index contributed by atoms with van der Waals surface area (Å²) in [5.74, 6) is -1.51. The lowest BCUT2D eigenvalue weighted by atomic mass is 10.1. The summed E-state index contributed by atoms with van der Waals surface area (Å²) in [5, 5.41) is 11.1. The van der Waals surface area contributed by atoms with E-state index in [-0.39, 0.29) is 36.1 Å². The number of nitrogens with zero attached hydrogens (tertiary/aromatic N) is 3. The number of nitro benzene ring substituents is 1. The third-order valence-electron chi connectivity index (χ3n) is 4.55. The zero-order valence-electron chi connectivity index (χ0n) is 13.6. The first-order chi connectivity index (χ1) is 11.9. The molecule has 3 rings (SSSR count). The topological polar surface area (TPSA) is 110 Å². The van der Waals surface area contributed by atoms with Crippen LogP contribution in [0.5, 0.6) is 0 Å². The molecule has 2 aliphatic rings. The largest absolute Gasteiger partial charge is 0.380 e. The Hall–Kier alpha value is -2.81. The van der Waals surface area contributed by atoms with Crippen LogP contribution in [0.15, 0.2) is 18.2 Å². The zero-order valence-corrected chi connectivity index (χ0v) is 13.6. The average Bonchev–Trinajstić information content (AvgIpc) is 3.17. The van der Waals surface area contributed by atoms with Gasteiger partial charge in [0.15, 0.2) is 0 Å². The van der Waals surface area contributed by atoms with Gasteiger partial charge in [0.1, 0.15) is 5.56 Å². The molecular formula is C16H17N3O6. The molecule has 0 spiro atoms. The fourth-order valence-corrected chi connectivity index (χ4v) is 3.18. The van der Waals surface area contributed by atoms with Gasteiger partial charge in [-0.3, -0.25) is 29.4 Å². The van der Waals surface area contributed by atoms with E-state index in [9.17, 15) is 24.5 Å². The fraction of sp³-hybridized carbons (Fsp3) is 0.438. The molecule has 0 bridgehead atoms. The zero-order chi connectivity index (χ0) is 18.1. The second-order valence-electron chi connectivity index (χ2n) is 5.95. The molecule has 25 heavy (non-hydrogen) atoms. The summed E-state index contributed by atoms with van der Waals surface area (Å²) in [5.41, 5.74) is -0.593. The van der Waals surface area contributed by atoms with Crippen molar-refractivity contribution >= 4 is 23.4 Å². The van der Waals surface area contributed by atoms with Crippen LogP contribution < -0.4 is 0 Å². The van der Waals surface area contributed by atoms with Crippen molar-refractivity contribution in [3.05, 3.63) is 39.4 Å². The Morgan fingerprint density at radius 2 is 2.12 bits per heavy atom. The maximum Gasteiger partial charge on any atom is 0.282 e. The van der Waals surface area contributed by atoms with Crippen LogP contribution in [0.2, 0.25) is 0 Å². The van der Waals surface area contributed by atoms with E-state index < -0.39 is 22.4 Å². The first kappa shape index (κ1) is 17.0. The van der Waals surface area contributed by atoms with Crippen LogP contribution in [0.4, 0.5) is 5.69 Å². The van der Waals surface area contributed by atoms with E-state index >= 15 is 0 Å². The first-order valence-electron chi connectivity index (χ1n) is 7.88. The highest BCUT2D eigenvalue weighted by atomic mass is 16.6. The fourth-order valence-electron chi connectivity index (χ4n) is 3.18. The second kappa shape index (κ2) is 6.60. The SMILES string of the molecule is COC1CCN(C(=O)CCN2C(=O)c3cccc([N+](=O)[O-])c3C2=O)C1. The van der Waals surface area contributed by atoms with Crippen LogP contribution in [-0.4, -0.2) is 65.3 Å². The summed E-state index contributed by atoms with van der Waals surface area (Å²) in [6.45, 7) is 0.963. The van der Waals surface area contributed by atoms with E-state index in [0.717, 1.165) is 11.3 Å². The molecule has 132 valence electrons. The molecule has 1 unspecified atom stereocenters. The van der Waals surface area contributed by atoms with Gasteiger partial charge < -0.3 is 9.64 Å². The molecule has 9 nitrogen and oxygen atoms in total. The van der Waals surface area contributed by atoms with Crippen LogP contribution in [0, 0.1) is 10.1 Å². The average molecular weight is 347 g/mol. The number of carbonyl (C=O) groups excluding carboxylic acids is 3. The molecule has 0 aromatic heterocycles. The predicted molar refractivity (Wildman–Crippen MR) is 85.1 cm³/mol. The van der Waals surface area contributed by atoms with Crippen molar-refractivity contribution in [2.45, 2.75) is 18.9 Å². The summed E-state index contributed by atoms with van der Waals surface area (Å²) in [7, 11) is 1.59. The van der Waals surface area contributed by atoms with Crippen molar-refractivity contribution in [3.63, 3.8) is 0 Å². The number of nitro groups is 1. The highest BCUT2D eigenvalue weighted by Crippen LogP contribution is 2.30. The third kappa shape index (κ3) is 2.98. The number of fused-ring (bicyclic) bond motifs is 1. The number of rotatable bonds is 5. The van der Waals surface area contributed by atoms with Gasteiger partial charge in [0.2, 0.25) is 5.91 Å². The van der Waals surface area contributed by atoms with Crippen molar-refractivity contribution in [1.82, 2.24) is 9.80 Å². The minimum absolute atomic E-state index is 0.00547. The van der Waals surface area contributed by atoms with Crippen molar-refractivity contribution < 1.29 is 24.0 Å². The highest BCUT2D eigenvalue weighted by Gasteiger charge is 2.41. The number of benzene rings is 1. The lowest BCUT2D eigenvalue weighted by molar-refractivity contribution is -0.385. The summed E-state index contributed by atoms with van der Waals surface area (Å²) in [6, 6.07) is 3.94. The number of methoxy groups -OCH3 is 1. The molecule has 9 heteroatoms. The quantitative estimate of drug-likeness (QED) is 0.443. The van der Waals surface area contributed by atoms with E-state index in [1.165, 1.54) is 18.2 Å². The molecule has 0 saturated carbocycles. The van der Waals surface area contributed by atoms with E-state index in [1.54, 1.807) is 12.0 Å². The van der Waals surface area contributed by atoms with E-state index in [0.29, 0.717) is 13.1 Å². The molecule has 1 atom stereocenters. The van der Waals surface area contributed by atoms with Gasteiger partial charge in [0, 0.05) is 39.2 Å². The van der Waals surface area contributed by atoms with Gasteiger partial charge in [-0.05, 0) is 12.5 Å². The van der Waals surface area contributed by atoms with Crippen molar-refractivity contribution in [2.24, 2.45) is 0 Å². The molecule has 2 aliphatic heterocycles. The molecule has 1 aromatic carbocycles. The second-order valence-corrected chi connectivity index (χ2v) is 5.95. The van der Waals surface area contributed by atoms with E-state index in [4.69, 9.17) is 4.74 Å². The Labute approximate surface area is 143 Å². The van der Waals surface area contributed by atoms with Gasteiger partial charge in [-0.1, -0.05) is 6.07 Å². The van der Waals surface area contributed by atoms with Gasteiger partial charge >= 0.3 is 0 Å². The van der Waals surface area contributed by atoms with Crippen LogP contribution in [0.25, 0.3) is 0 Å². The normalized spacial score (nSPS) is 19.5. The summed E-state index contributed by atoms with van der Waals surface area (Å²) in [4.78, 5) is 49.9. The molecule has 1 aromatic rings. The number of amides is 3. The van der Waals surface area contributed by atoms with Crippen LogP contribution in [0.1, 0.15) is 33.6 Å². The number of ether oxygens (including phenoxy) is 1. The smallest absolute Gasteiger partial charge is 0.282 e. The highest BCUT2D eigenvalue weighted by molar-refractivity contribution is 6.23. The Morgan fingerprint density at radius 3 is 2.76 bits per heavy atom. The minimum Gasteiger partial charge on any atom is -0.380 e. The molecule has 1 fully saturated rings.